The topological polar surface area (TPSA) is 43.4 Å². The molecule has 0 radical (unpaired) electrons. The third-order valence-electron chi connectivity index (χ3n) is 1.37. The number of alkyl halides is 1. The Hall–Kier alpha value is -0.380. The van der Waals surface area contributed by atoms with Crippen LogP contribution in [0.4, 0.5) is 0 Å². The first-order chi connectivity index (χ1) is 5.00. The van der Waals surface area contributed by atoms with Gasteiger partial charge >= 0.3 is 5.97 Å². The van der Waals surface area contributed by atoms with E-state index in [1.54, 1.807) is 6.92 Å². The minimum absolute atomic E-state index is 0.156. The van der Waals surface area contributed by atoms with Crippen LogP contribution in [0.5, 0.6) is 0 Å². The lowest BCUT2D eigenvalue weighted by molar-refractivity contribution is -0.148. The zero-order valence-electron chi connectivity index (χ0n) is 6.76. The summed E-state index contributed by atoms with van der Waals surface area (Å²) in [6, 6.07) is 0. The predicted molar refractivity (Wildman–Crippen MR) is 44.6 cm³/mol. The van der Waals surface area contributed by atoms with Crippen molar-refractivity contribution in [2.45, 2.75) is 18.7 Å². The van der Waals surface area contributed by atoms with Crippen LogP contribution in [0.25, 0.3) is 0 Å². The quantitative estimate of drug-likeness (QED) is 0.409. The van der Waals surface area contributed by atoms with Gasteiger partial charge in [0.05, 0.1) is 11.9 Å². The van der Waals surface area contributed by atoms with Gasteiger partial charge in [-0.3, -0.25) is 9.59 Å². The number of hydrogen-bond acceptors (Lipinski definition) is 3. The van der Waals surface area contributed by atoms with Gasteiger partial charge in [-0.1, -0.05) is 15.9 Å². The van der Waals surface area contributed by atoms with Crippen LogP contribution < -0.4 is 0 Å². The van der Waals surface area contributed by atoms with E-state index in [-0.39, 0.29) is 10.6 Å². The smallest absolute Gasteiger partial charge is 0.315 e. The Morgan fingerprint density at radius 3 is 2.09 bits per heavy atom. The molecule has 11 heavy (non-hydrogen) atoms. The number of ketones is 1. The summed E-state index contributed by atoms with van der Waals surface area (Å²) < 4.78 is 4.40. The highest BCUT2D eigenvalue weighted by atomic mass is 79.9. The van der Waals surface area contributed by atoms with Crippen molar-refractivity contribution in [3.8, 4) is 0 Å². The summed E-state index contributed by atoms with van der Waals surface area (Å²) in [6.45, 7) is 3.22. The summed E-state index contributed by atoms with van der Waals surface area (Å²) in [5.74, 6) is -1.31. The normalized spacial score (nSPS) is 15.3. The molecular formula is C7H11BrO3. The van der Waals surface area contributed by atoms with Crippen molar-refractivity contribution < 1.29 is 14.3 Å². The fourth-order valence-electron chi connectivity index (χ4n) is 0.637. The summed E-state index contributed by atoms with van der Waals surface area (Å²) >= 11 is 3.08. The van der Waals surface area contributed by atoms with Gasteiger partial charge in [0, 0.05) is 0 Å². The SMILES string of the molecule is COC(=O)[C@H](C)C(=O)[C@H](C)Br. The molecule has 0 aliphatic heterocycles. The van der Waals surface area contributed by atoms with Crippen LogP contribution in [0, 0.1) is 5.92 Å². The molecule has 0 bridgehead atoms. The minimum Gasteiger partial charge on any atom is -0.468 e. The van der Waals surface area contributed by atoms with Crippen molar-refractivity contribution in [2.24, 2.45) is 5.92 Å². The van der Waals surface area contributed by atoms with Crippen molar-refractivity contribution in [1.29, 1.82) is 0 Å². The van der Waals surface area contributed by atoms with E-state index in [2.05, 4.69) is 20.7 Å². The van der Waals surface area contributed by atoms with Crippen molar-refractivity contribution >= 4 is 27.7 Å². The monoisotopic (exact) mass is 222 g/mol. The average Bonchev–Trinajstić information content (AvgIpc) is 2.00. The third kappa shape index (κ3) is 3.01. The number of methoxy groups -OCH3 is 1. The number of halogens is 1. The molecule has 0 amide bonds. The van der Waals surface area contributed by atoms with E-state index in [9.17, 15) is 9.59 Å². The molecule has 4 heteroatoms. The molecule has 3 nitrogen and oxygen atoms in total. The van der Waals surface area contributed by atoms with Crippen LogP contribution in [0.15, 0.2) is 0 Å². The van der Waals surface area contributed by atoms with Crippen molar-refractivity contribution in [1.82, 2.24) is 0 Å². The van der Waals surface area contributed by atoms with Gasteiger partial charge in [-0.25, -0.2) is 0 Å². The Labute approximate surface area is 74.2 Å². The number of hydrogen-bond donors (Lipinski definition) is 0. The lowest BCUT2D eigenvalue weighted by Crippen LogP contribution is -2.27. The fraction of sp³-hybridized carbons (Fsp3) is 0.714. The first-order valence-corrected chi connectivity index (χ1v) is 4.18. The molecule has 0 aromatic carbocycles. The van der Waals surface area contributed by atoms with Crippen LogP contribution >= 0.6 is 15.9 Å². The van der Waals surface area contributed by atoms with E-state index in [0.717, 1.165) is 0 Å². The van der Waals surface area contributed by atoms with E-state index in [1.807, 2.05) is 0 Å². The third-order valence-corrected chi connectivity index (χ3v) is 1.82. The second-order valence-electron chi connectivity index (χ2n) is 2.26. The molecule has 0 saturated carbocycles. The minimum atomic E-state index is -0.672. The largest absolute Gasteiger partial charge is 0.468 e. The molecule has 0 aliphatic carbocycles. The van der Waals surface area contributed by atoms with Crippen LogP contribution in [-0.2, 0) is 14.3 Å². The maximum absolute atomic E-state index is 11.1. The fourth-order valence-corrected chi connectivity index (χ4v) is 1.03. The van der Waals surface area contributed by atoms with E-state index in [0.29, 0.717) is 0 Å². The molecule has 0 rings (SSSR count). The lowest BCUT2D eigenvalue weighted by Gasteiger charge is -2.08. The van der Waals surface area contributed by atoms with E-state index < -0.39 is 11.9 Å². The van der Waals surface area contributed by atoms with Gasteiger partial charge in [-0.15, -0.1) is 0 Å². The average molecular weight is 223 g/mol. The predicted octanol–water partition coefficient (Wildman–Crippen LogP) is 1.15. The van der Waals surface area contributed by atoms with Gasteiger partial charge in [0.1, 0.15) is 5.92 Å². The summed E-state index contributed by atoms with van der Waals surface area (Å²) in [5.41, 5.74) is 0. The number of rotatable bonds is 3. The van der Waals surface area contributed by atoms with Gasteiger partial charge in [0.15, 0.2) is 5.78 Å². The molecule has 2 atom stereocenters. The Morgan fingerprint density at radius 1 is 1.36 bits per heavy atom. The molecule has 0 heterocycles. The summed E-state index contributed by atoms with van der Waals surface area (Å²) in [7, 11) is 1.27. The molecule has 0 unspecified atom stereocenters. The van der Waals surface area contributed by atoms with Crippen LogP contribution in [0.3, 0.4) is 0 Å². The van der Waals surface area contributed by atoms with Crippen molar-refractivity contribution in [3.63, 3.8) is 0 Å². The maximum atomic E-state index is 11.1. The number of carbonyl (C=O) groups is 2. The molecular weight excluding hydrogens is 212 g/mol. The van der Waals surface area contributed by atoms with Gasteiger partial charge in [0.2, 0.25) is 0 Å². The molecule has 64 valence electrons. The Kier molecular flexibility index (Phi) is 4.33. The van der Waals surface area contributed by atoms with E-state index >= 15 is 0 Å². The molecule has 0 saturated heterocycles. The van der Waals surface area contributed by atoms with Gasteiger partial charge in [-0.05, 0) is 13.8 Å². The standard InChI is InChI=1S/C7H11BrO3/c1-4(7(10)11-3)6(9)5(2)8/h4-5H,1-3H3/t4-,5+/m1/s1. The molecule has 0 spiro atoms. The van der Waals surface area contributed by atoms with Gasteiger partial charge < -0.3 is 4.74 Å². The molecule has 0 fully saturated rings. The Balaban J connectivity index is 4.13. The zero-order valence-corrected chi connectivity index (χ0v) is 8.34. The highest BCUT2D eigenvalue weighted by Crippen LogP contribution is 2.09. The number of Topliss-reactive ketones (excluding diaryl/α,β-unsaturated/α-hetero) is 1. The summed E-state index contributed by atoms with van der Waals surface area (Å²) in [6.07, 6.45) is 0. The van der Waals surface area contributed by atoms with Crippen LogP contribution in [0.1, 0.15) is 13.8 Å². The highest BCUT2D eigenvalue weighted by molar-refractivity contribution is 9.10. The number of ether oxygens (including phenoxy) is 1. The highest BCUT2D eigenvalue weighted by Gasteiger charge is 2.24. The first-order valence-electron chi connectivity index (χ1n) is 3.26. The molecule has 0 aromatic heterocycles. The Morgan fingerprint density at radius 2 is 1.82 bits per heavy atom. The van der Waals surface area contributed by atoms with Crippen molar-refractivity contribution in [3.05, 3.63) is 0 Å². The van der Waals surface area contributed by atoms with Crippen LogP contribution in [-0.4, -0.2) is 23.7 Å². The zero-order chi connectivity index (χ0) is 9.02. The molecule has 0 N–H and O–H groups in total. The van der Waals surface area contributed by atoms with Crippen LogP contribution in [0.2, 0.25) is 0 Å². The first kappa shape index (κ1) is 10.6. The lowest BCUT2D eigenvalue weighted by atomic mass is 10.1. The Bertz CT molecular complexity index is 165. The van der Waals surface area contributed by atoms with E-state index in [1.165, 1.54) is 14.0 Å². The van der Waals surface area contributed by atoms with E-state index in [4.69, 9.17) is 0 Å². The molecule has 0 aliphatic rings. The summed E-state index contributed by atoms with van der Waals surface area (Å²) in [5, 5.41) is 0. The summed E-state index contributed by atoms with van der Waals surface area (Å²) in [4.78, 5) is 21.6. The maximum Gasteiger partial charge on any atom is 0.315 e. The van der Waals surface area contributed by atoms with Gasteiger partial charge in [-0.2, -0.15) is 0 Å². The van der Waals surface area contributed by atoms with Crippen molar-refractivity contribution in [2.75, 3.05) is 7.11 Å². The number of carbonyl (C=O) groups excluding carboxylic acids is 2. The van der Waals surface area contributed by atoms with Gasteiger partial charge in [0.25, 0.3) is 0 Å². The second-order valence-corrected chi connectivity index (χ2v) is 3.64. The second kappa shape index (κ2) is 4.49. The number of esters is 1. The molecule has 0 aromatic rings.